The molecule has 0 spiro atoms. The lowest BCUT2D eigenvalue weighted by atomic mass is 11.9. The predicted molar refractivity (Wildman–Crippen MR) is 30.4 cm³/mol. The maximum Gasteiger partial charge on any atom is 0.246 e. The molecule has 0 fully saturated rings. The second kappa shape index (κ2) is 2.77. The molecule has 0 saturated heterocycles. The fraction of sp³-hybridized carbons (Fsp3) is 1.00. The van der Waals surface area contributed by atoms with Crippen molar-refractivity contribution in [3.8, 4) is 0 Å². The average Bonchev–Trinajstić information content (AvgIpc) is 1.21. The Kier molecular flexibility index (Phi) is 2.89. The molecule has 0 radical (unpaired) electrons. The molecule has 0 heterocycles. The second-order valence-corrected chi connectivity index (χ2v) is 5.05. The molecule has 0 bridgehead atoms. The van der Waals surface area contributed by atoms with E-state index in [1.54, 1.807) is 0 Å². The van der Waals surface area contributed by atoms with Crippen LogP contribution in [0.15, 0.2) is 0 Å². The van der Waals surface area contributed by atoms with Gasteiger partial charge >= 0.3 is 0 Å². The average molecular weight is 179 g/mol. The summed E-state index contributed by atoms with van der Waals surface area (Å²) >= 11 is -2.35. The van der Waals surface area contributed by atoms with Gasteiger partial charge in [-0.2, -0.15) is 0 Å². The quantitative estimate of drug-likeness (QED) is 0.467. The summed E-state index contributed by atoms with van der Waals surface area (Å²) in [4.78, 5) is 0. The van der Waals surface area contributed by atoms with E-state index in [0.717, 1.165) is 0 Å². The molecule has 1 unspecified atom stereocenters. The van der Waals surface area contributed by atoms with E-state index in [1.807, 2.05) is 0 Å². The molecule has 0 aromatic heterocycles. The van der Waals surface area contributed by atoms with Gasteiger partial charge in [-0.3, -0.25) is 0 Å². The van der Waals surface area contributed by atoms with Gasteiger partial charge in [0.2, 0.25) is 9.05 Å². The first-order valence-corrected chi connectivity index (χ1v) is 5.17. The molecule has 0 aromatic rings. The van der Waals surface area contributed by atoms with Gasteiger partial charge in [0.1, 0.15) is 0 Å². The highest BCUT2D eigenvalue weighted by atomic mass is 35.7. The van der Waals surface area contributed by atoms with Gasteiger partial charge in [0, 0.05) is 10.7 Å². The molecule has 0 aliphatic heterocycles. The summed E-state index contributed by atoms with van der Waals surface area (Å²) in [6.45, 7) is 0. The molecular weight excluding hydrogens is 176 g/mol. The second-order valence-electron chi connectivity index (χ2n) is 0.978. The van der Waals surface area contributed by atoms with E-state index in [0.29, 0.717) is 0 Å². The van der Waals surface area contributed by atoms with Crippen LogP contribution in [0.1, 0.15) is 0 Å². The van der Waals surface area contributed by atoms with Crippen LogP contribution in [-0.4, -0.2) is 22.3 Å². The lowest BCUT2D eigenvalue weighted by molar-refractivity contribution is 0.566. The minimum Gasteiger partial charge on any atom is -0.305 e. The SMILES string of the molecule is O=S(O)CS(=O)(=O)Cl. The van der Waals surface area contributed by atoms with Crippen molar-refractivity contribution < 1.29 is 17.2 Å². The molecule has 0 saturated carbocycles. The van der Waals surface area contributed by atoms with E-state index in [1.165, 1.54) is 0 Å². The topological polar surface area (TPSA) is 71.4 Å². The molecule has 8 heavy (non-hydrogen) atoms. The van der Waals surface area contributed by atoms with Crippen molar-refractivity contribution in [2.24, 2.45) is 0 Å². The van der Waals surface area contributed by atoms with E-state index in [-0.39, 0.29) is 0 Å². The van der Waals surface area contributed by atoms with E-state index in [2.05, 4.69) is 10.7 Å². The van der Waals surface area contributed by atoms with Gasteiger partial charge in [0.05, 0.1) is 0 Å². The standard InChI is InChI=1S/CH3ClO4S2/c2-8(5,6)1-7(3)4/h1H2,(H,3,4). The normalized spacial score (nSPS) is 15.8. The monoisotopic (exact) mass is 178 g/mol. The van der Waals surface area contributed by atoms with Gasteiger partial charge in [-0.05, 0) is 0 Å². The van der Waals surface area contributed by atoms with E-state index in [9.17, 15) is 12.6 Å². The van der Waals surface area contributed by atoms with Gasteiger partial charge in [-0.25, -0.2) is 12.6 Å². The number of hydrogen-bond acceptors (Lipinski definition) is 3. The van der Waals surface area contributed by atoms with Crippen LogP contribution >= 0.6 is 10.7 Å². The van der Waals surface area contributed by atoms with Gasteiger partial charge in [0.15, 0.2) is 16.2 Å². The first-order valence-electron chi connectivity index (χ1n) is 1.41. The Labute approximate surface area is 53.5 Å². The van der Waals surface area contributed by atoms with Crippen LogP contribution in [0, 0.1) is 0 Å². The first-order chi connectivity index (χ1) is 3.42. The molecule has 50 valence electrons. The zero-order valence-electron chi connectivity index (χ0n) is 3.57. The van der Waals surface area contributed by atoms with E-state index >= 15 is 0 Å². The van der Waals surface area contributed by atoms with Crippen molar-refractivity contribution in [3.63, 3.8) is 0 Å². The third kappa shape index (κ3) is 6.35. The number of hydrogen-bond donors (Lipinski definition) is 1. The van der Waals surface area contributed by atoms with Crippen LogP contribution < -0.4 is 0 Å². The zero-order chi connectivity index (χ0) is 6.78. The molecule has 0 amide bonds. The van der Waals surface area contributed by atoms with Crippen molar-refractivity contribution >= 4 is 30.8 Å². The first kappa shape index (κ1) is 8.35. The summed E-state index contributed by atoms with van der Waals surface area (Å²) < 4.78 is 37.3. The maximum atomic E-state index is 9.85. The molecule has 0 aliphatic carbocycles. The third-order valence-corrected chi connectivity index (χ3v) is 2.98. The Morgan fingerprint density at radius 1 is 1.62 bits per heavy atom. The smallest absolute Gasteiger partial charge is 0.246 e. The van der Waals surface area contributed by atoms with Crippen molar-refractivity contribution in [1.29, 1.82) is 0 Å². The number of rotatable bonds is 2. The zero-order valence-corrected chi connectivity index (χ0v) is 5.96. The minimum atomic E-state index is -3.80. The van der Waals surface area contributed by atoms with Crippen molar-refractivity contribution in [2.45, 2.75) is 0 Å². The Morgan fingerprint density at radius 3 is 2.00 bits per heavy atom. The van der Waals surface area contributed by atoms with Crippen LogP contribution in [-0.2, 0) is 20.1 Å². The van der Waals surface area contributed by atoms with Crippen LogP contribution in [0.4, 0.5) is 0 Å². The highest BCUT2D eigenvalue weighted by Gasteiger charge is 2.07. The Bertz CT molecular complexity index is 180. The third-order valence-electron chi connectivity index (χ3n) is 0.242. The fourth-order valence-electron chi connectivity index (χ4n) is 0.120. The minimum absolute atomic E-state index is 0.908. The van der Waals surface area contributed by atoms with Gasteiger partial charge in [0.25, 0.3) is 0 Å². The number of halogens is 1. The Morgan fingerprint density at radius 2 is 2.00 bits per heavy atom. The van der Waals surface area contributed by atoms with E-state index < -0.39 is 25.2 Å². The largest absolute Gasteiger partial charge is 0.305 e. The molecule has 4 nitrogen and oxygen atoms in total. The van der Waals surface area contributed by atoms with E-state index in [4.69, 9.17) is 4.55 Å². The molecule has 0 aromatic carbocycles. The van der Waals surface area contributed by atoms with Crippen molar-refractivity contribution in [1.82, 2.24) is 0 Å². The summed E-state index contributed by atoms with van der Waals surface area (Å²) in [6, 6.07) is 0. The van der Waals surface area contributed by atoms with Gasteiger partial charge in [-0.15, -0.1) is 0 Å². The fourth-order valence-corrected chi connectivity index (χ4v) is 1.77. The highest BCUT2D eigenvalue weighted by Crippen LogP contribution is 1.96. The highest BCUT2D eigenvalue weighted by molar-refractivity contribution is 8.19. The summed E-state index contributed by atoms with van der Waals surface area (Å²) in [5.41, 5.74) is 0. The van der Waals surface area contributed by atoms with Gasteiger partial charge < -0.3 is 4.55 Å². The molecular formula is CH3ClO4S2. The summed E-state index contributed by atoms with van der Waals surface area (Å²) in [6.07, 6.45) is 0. The Hall–Kier alpha value is 0.350. The lowest BCUT2D eigenvalue weighted by Gasteiger charge is -1.84. The maximum absolute atomic E-state index is 9.85. The summed E-state index contributed by atoms with van der Waals surface area (Å²) in [7, 11) is 0.746. The van der Waals surface area contributed by atoms with Crippen LogP contribution in [0.25, 0.3) is 0 Å². The Balaban J connectivity index is 3.95. The predicted octanol–water partition coefficient (Wildman–Crippen LogP) is -0.266. The lowest BCUT2D eigenvalue weighted by Crippen LogP contribution is -2.02. The molecule has 0 aliphatic rings. The molecule has 1 N–H and O–H groups in total. The van der Waals surface area contributed by atoms with Crippen LogP contribution in [0.5, 0.6) is 0 Å². The van der Waals surface area contributed by atoms with Crippen LogP contribution in [0.2, 0.25) is 0 Å². The van der Waals surface area contributed by atoms with Crippen molar-refractivity contribution in [2.75, 3.05) is 5.08 Å². The molecule has 1 atom stereocenters. The summed E-state index contributed by atoms with van der Waals surface area (Å²) in [5.74, 6) is 0. The van der Waals surface area contributed by atoms with Crippen molar-refractivity contribution in [3.05, 3.63) is 0 Å². The van der Waals surface area contributed by atoms with Crippen LogP contribution in [0.3, 0.4) is 0 Å². The summed E-state index contributed by atoms with van der Waals surface area (Å²) in [5, 5.41) is -0.908. The molecule has 7 heteroatoms. The molecule has 0 rings (SSSR count). The van der Waals surface area contributed by atoms with Gasteiger partial charge in [-0.1, -0.05) is 0 Å².